The Morgan fingerprint density at radius 2 is 2.05 bits per heavy atom. The first-order valence-corrected chi connectivity index (χ1v) is 6.19. The van der Waals surface area contributed by atoms with E-state index in [1.807, 2.05) is 6.92 Å². The average molecular weight is 295 g/mol. The molecule has 0 unspecified atom stereocenters. The van der Waals surface area contributed by atoms with Crippen LogP contribution in [0.3, 0.4) is 0 Å². The molecule has 0 radical (unpaired) electrons. The summed E-state index contributed by atoms with van der Waals surface area (Å²) in [5, 5.41) is 11.0. The van der Waals surface area contributed by atoms with Crippen LogP contribution in [0.25, 0.3) is 0 Å². The number of nitro groups is 1. The Balaban J connectivity index is 2.31. The summed E-state index contributed by atoms with van der Waals surface area (Å²) in [6.07, 6.45) is 0. The van der Waals surface area contributed by atoms with Gasteiger partial charge >= 0.3 is 11.6 Å². The second kappa shape index (κ2) is 6.21. The topological polar surface area (TPSA) is 74.5 Å². The van der Waals surface area contributed by atoms with Crippen LogP contribution in [-0.2, 0) is 0 Å². The van der Waals surface area contributed by atoms with Crippen molar-refractivity contribution < 1.29 is 14.4 Å². The summed E-state index contributed by atoms with van der Waals surface area (Å²) in [4.78, 5) is 14.2. The third-order valence-electron chi connectivity index (χ3n) is 2.33. The monoisotopic (exact) mass is 294 g/mol. The molecule has 0 aliphatic rings. The highest BCUT2D eigenvalue weighted by molar-refractivity contribution is 6.29. The van der Waals surface area contributed by atoms with Crippen LogP contribution in [-0.4, -0.2) is 16.5 Å². The number of rotatable bonds is 5. The standard InChI is InChI=1S/C13H11ClN2O4/c1-2-19-9-4-3-5-10(8-9)20-13-11(16(17)18)6-7-12(14)15-13/h3-8H,2H2,1H3. The zero-order valence-corrected chi connectivity index (χ0v) is 11.3. The van der Waals surface area contributed by atoms with E-state index in [9.17, 15) is 10.1 Å². The number of hydrogen-bond donors (Lipinski definition) is 0. The molecule has 0 fully saturated rings. The quantitative estimate of drug-likeness (QED) is 0.476. The number of aromatic nitrogens is 1. The van der Waals surface area contributed by atoms with E-state index in [1.54, 1.807) is 24.3 Å². The summed E-state index contributed by atoms with van der Waals surface area (Å²) in [7, 11) is 0. The van der Waals surface area contributed by atoms with Gasteiger partial charge in [0.2, 0.25) is 0 Å². The molecule has 2 rings (SSSR count). The Morgan fingerprint density at radius 1 is 1.30 bits per heavy atom. The van der Waals surface area contributed by atoms with Gasteiger partial charge in [0, 0.05) is 12.1 Å². The predicted octanol–water partition coefficient (Wildman–Crippen LogP) is 3.83. The molecule has 1 aromatic heterocycles. The summed E-state index contributed by atoms with van der Waals surface area (Å²) in [5.74, 6) is 0.833. The highest BCUT2D eigenvalue weighted by Gasteiger charge is 2.18. The summed E-state index contributed by atoms with van der Waals surface area (Å²) >= 11 is 5.73. The van der Waals surface area contributed by atoms with E-state index in [1.165, 1.54) is 12.1 Å². The molecule has 20 heavy (non-hydrogen) atoms. The molecule has 1 aromatic carbocycles. The van der Waals surface area contributed by atoms with E-state index in [4.69, 9.17) is 21.1 Å². The van der Waals surface area contributed by atoms with E-state index in [0.717, 1.165) is 0 Å². The van der Waals surface area contributed by atoms with Crippen molar-refractivity contribution in [3.8, 4) is 17.4 Å². The van der Waals surface area contributed by atoms with Crippen LogP contribution in [0.4, 0.5) is 5.69 Å². The van der Waals surface area contributed by atoms with Gasteiger partial charge in [-0.05, 0) is 25.1 Å². The van der Waals surface area contributed by atoms with Gasteiger partial charge in [-0.1, -0.05) is 17.7 Å². The van der Waals surface area contributed by atoms with Crippen LogP contribution >= 0.6 is 11.6 Å². The van der Waals surface area contributed by atoms with Crippen molar-refractivity contribution in [3.05, 3.63) is 51.7 Å². The highest BCUT2D eigenvalue weighted by Crippen LogP contribution is 2.31. The third-order valence-corrected chi connectivity index (χ3v) is 2.54. The van der Waals surface area contributed by atoms with Gasteiger partial charge in [0.25, 0.3) is 0 Å². The first kappa shape index (κ1) is 14.1. The zero-order valence-electron chi connectivity index (χ0n) is 10.6. The molecule has 7 heteroatoms. The van der Waals surface area contributed by atoms with E-state index < -0.39 is 4.92 Å². The average Bonchev–Trinajstić information content (AvgIpc) is 2.39. The lowest BCUT2D eigenvalue weighted by Gasteiger charge is -2.07. The van der Waals surface area contributed by atoms with Gasteiger partial charge in [0.05, 0.1) is 11.5 Å². The molecule has 0 saturated carbocycles. The maximum atomic E-state index is 10.9. The van der Waals surface area contributed by atoms with Gasteiger partial charge in [-0.3, -0.25) is 10.1 Å². The number of halogens is 1. The molecule has 2 aromatic rings. The smallest absolute Gasteiger partial charge is 0.331 e. The van der Waals surface area contributed by atoms with Crippen LogP contribution in [0.5, 0.6) is 17.4 Å². The Morgan fingerprint density at radius 3 is 2.75 bits per heavy atom. The zero-order chi connectivity index (χ0) is 14.5. The third kappa shape index (κ3) is 3.36. The Kier molecular flexibility index (Phi) is 4.37. The van der Waals surface area contributed by atoms with Crippen LogP contribution in [0.1, 0.15) is 6.92 Å². The molecular weight excluding hydrogens is 284 g/mol. The molecule has 0 N–H and O–H groups in total. The molecule has 0 saturated heterocycles. The number of pyridine rings is 1. The summed E-state index contributed by atoms with van der Waals surface area (Å²) < 4.78 is 10.7. The van der Waals surface area contributed by atoms with Crippen molar-refractivity contribution in [3.63, 3.8) is 0 Å². The van der Waals surface area contributed by atoms with Crippen LogP contribution in [0.2, 0.25) is 5.15 Å². The Bertz CT molecular complexity index is 634. The first-order valence-electron chi connectivity index (χ1n) is 5.82. The lowest BCUT2D eigenvalue weighted by atomic mass is 10.3. The molecule has 0 spiro atoms. The van der Waals surface area contributed by atoms with Gasteiger partial charge in [-0.25, -0.2) is 0 Å². The van der Waals surface area contributed by atoms with Crippen molar-refractivity contribution in [2.45, 2.75) is 6.92 Å². The van der Waals surface area contributed by atoms with Crippen molar-refractivity contribution in [1.82, 2.24) is 4.98 Å². The fourth-order valence-electron chi connectivity index (χ4n) is 1.53. The maximum Gasteiger partial charge on any atom is 0.331 e. The number of ether oxygens (including phenoxy) is 2. The fraction of sp³-hybridized carbons (Fsp3) is 0.154. The highest BCUT2D eigenvalue weighted by atomic mass is 35.5. The van der Waals surface area contributed by atoms with Crippen molar-refractivity contribution in [2.75, 3.05) is 6.61 Å². The van der Waals surface area contributed by atoms with Crippen LogP contribution in [0, 0.1) is 10.1 Å². The van der Waals surface area contributed by atoms with Crippen molar-refractivity contribution in [1.29, 1.82) is 0 Å². The molecule has 104 valence electrons. The number of benzene rings is 1. The minimum absolute atomic E-state index is 0.117. The van der Waals surface area contributed by atoms with E-state index in [-0.39, 0.29) is 16.7 Å². The molecular formula is C13H11ClN2O4. The van der Waals surface area contributed by atoms with Gasteiger partial charge < -0.3 is 9.47 Å². The summed E-state index contributed by atoms with van der Waals surface area (Å²) in [5.41, 5.74) is -0.254. The van der Waals surface area contributed by atoms with Gasteiger partial charge in [0.1, 0.15) is 16.7 Å². The molecule has 0 atom stereocenters. The van der Waals surface area contributed by atoms with Gasteiger partial charge in [0.15, 0.2) is 0 Å². The largest absolute Gasteiger partial charge is 0.494 e. The molecule has 6 nitrogen and oxygen atoms in total. The second-order valence-electron chi connectivity index (χ2n) is 3.73. The molecule has 0 aliphatic heterocycles. The Labute approximate surface area is 120 Å². The first-order chi connectivity index (χ1) is 9.60. The second-order valence-corrected chi connectivity index (χ2v) is 4.11. The minimum atomic E-state index is -0.578. The number of hydrogen-bond acceptors (Lipinski definition) is 5. The van der Waals surface area contributed by atoms with Gasteiger partial charge in [-0.2, -0.15) is 4.98 Å². The molecule has 0 bridgehead atoms. The number of nitrogens with zero attached hydrogens (tertiary/aromatic N) is 2. The predicted molar refractivity (Wildman–Crippen MR) is 73.6 cm³/mol. The molecule has 1 heterocycles. The molecule has 0 amide bonds. The van der Waals surface area contributed by atoms with Crippen molar-refractivity contribution in [2.24, 2.45) is 0 Å². The lowest BCUT2D eigenvalue weighted by molar-refractivity contribution is -0.386. The summed E-state index contributed by atoms with van der Waals surface area (Å²) in [6, 6.07) is 9.33. The minimum Gasteiger partial charge on any atom is -0.494 e. The van der Waals surface area contributed by atoms with E-state index in [2.05, 4.69) is 4.98 Å². The molecule has 0 aliphatic carbocycles. The summed E-state index contributed by atoms with van der Waals surface area (Å²) in [6.45, 7) is 2.37. The van der Waals surface area contributed by atoms with Crippen LogP contribution in [0.15, 0.2) is 36.4 Å². The normalized spacial score (nSPS) is 10.1. The van der Waals surface area contributed by atoms with E-state index >= 15 is 0 Å². The van der Waals surface area contributed by atoms with Crippen molar-refractivity contribution >= 4 is 17.3 Å². The van der Waals surface area contributed by atoms with E-state index in [0.29, 0.717) is 18.1 Å². The Hall–Kier alpha value is -2.34. The van der Waals surface area contributed by atoms with Gasteiger partial charge in [-0.15, -0.1) is 0 Å². The SMILES string of the molecule is CCOc1cccc(Oc2nc(Cl)ccc2[N+](=O)[O-])c1. The fourth-order valence-corrected chi connectivity index (χ4v) is 1.67. The maximum absolute atomic E-state index is 10.9. The lowest BCUT2D eigenvalue weighted by Crippen LogP contribution is -1.97. The van der Waals surface area contributed by atoms with Crippen LogP contribution < -0.4 is 9.47 Å².